The Morgan fingerprint density at radius 3 is 2.55 bits per heavy atom. The largest absolute Gasteiger partial charge is 0.362 e. The number of hydrogen-bond acceptors (Lipinski definition) is 6. The van der Waals surface area contributed by atoms with E-state index in [0.717, 1.165) is 54.5 Å². The van der Waals surface area contributed by atoms with Gasteiger partial charge in [-0.15, -0.1) is 0 Å². The van der Waals surface area contributed by atoms with Crippen LogP contribution < -0.4 is 15.5 Å². The monoisotopic (exact) mass is 416 g/mol. The van der Waals surface area contributed by atoms with Crippen molar-refractivity contribution in [1.82, 2.24) is 20.3 Å². The standard InChI is InChI=1S/C25H32N6/c1-31(2)24-22-7-3-4-8-23(22)29-25(30-24)28-21-11-9-20(10-12-21)18-27-15-5-6-19-13-16-26-17-14-19/h3-8,13-14,16-17,20-21,27H,9-12,15,18H2,1-2H3,(H,28,29,30)/b6-5+. The van der Waals surface area contributed by atoms with Gasteiger partial charge in [0, 0.05) is 44.5 Å². The molecule has 1 aromatic carbocycles. The van der Waals surface area contributed by atoms with Crippen LogP contribution in [0.1, 0.15) is 31.2 Å². The number of anilines is 2. The number of rotatable bonds is 8. The van der Waals surface area contributed by atoms with E-state index in [1.807, 2.05) is 50.8 Å². The summed E-state index contributed by atoms with van der Waals surface area (Å²) in [6, 6.07) is 12.7. The molecule has 1 saturated carbocycles. The second-order valence-electron chi connectivity index (χ2n) is 8.49. The molecule has 4 rings (SSSR count). The van der Waals surface area contributed by atoms with Crippen molar-refractivity contribution in [2.24, 2.45) is 5.92 Å². The van der Waals surface area contributed by atoms with Crippen molar-refractivity contribution < 1.29 is 0 Å². The smallest absolute Gasteiger partial charge is 0.225 e. The minimum absolute atomic E-state index is 0.444. The van der Waals surface area contributed by atoms with Gasteiger partial charge in [0.25, 0.3) is 0 Å². The number of aromatic nitrogens is 3. The second-order valence-corrected chi connectivity index (χ2v) is 8.49. The summed E-state index contributed by atoms with van der Waals surface area (Å²) in [6.45, 7) is 1.98. The van der Waals surface area contributed by atoms with E-state index in [-0.39, 0.29) is 0 Å². The summed E-state index contributed by atoms with van der Waals surface area (Å²) < 4.78 is 0. The van der Waals surface area contributed by atoms with E-state index in [2.05, 4.69) is 44.8 Å². The van der Waals surface area contributed by atoms with Crippen LogP contribution in [0.2, 0.25) is 0 Å². The molecule has 0 saturated heterocycles. The van der Waals surface area contributed by atoms with Gasteiger partial charge in [-0.25, -0.2) is 4.98 Å². The van der Waals surface area contributed by atoms with Crippen molar-refractivity contribution in [2.75, 3.05) is 37.4 Å². The van der Waals surface area contributed by atoms with E-state index in [1.54, 1.807) is 0 Å². The normalized spacial score (nSPS) is 19.0. The molecule has 1 aliphatic carbocycles. The highest BCUT2D eigenvalue weighted by atomic mass is 15.2. The zero-order valence-electron chi connectivity index (χ0n) is 18.5. The van der Waals surface area contributed by atoms with Crippen LogP contribution in [-0.4, -0.2) is 48.2 Å². The van der Waals surface area contributed by atoms with Gasteiger partial charge in [-0.3, -0.25) is 4.98 Å². The van der Waals surface area contributed by atoms with E-state index < -0.39 is 0 Å². The third-order valence-corrected chi connectivity index (χ3v) is 5.90. The fourth-order valence-electron chi connectivity index (χ4n) is 4.20. The van der Waals surface area contributed by atoms with Gasteiger partial charge in [-0.2, -0.15) is 4.98 Å². The van der Waals surface area contributed by atoms with Crippen LogP contribution in [0, 0.1) is 5.92 Å². The van der Waals surface area contributed by atoms with Gasteiger partial charge in [0.2, 0.25) is 5.95 Å². The van der Waals surface area contributed by atoms with Crippen molar-refractivity contribution >= 4 is 28.7 Å². The second kappa shape index (κ2) is 10.4. The van der Waals surface area contributed by atoms with Crippen LogP contribution in [-0.2, 0) is 0 Å². The number of nitrogens with zero attached hydrogens (tertiary/aromatic N) is 4. The molecule has 6 nitrogen and oxygen atoms in total. The summed E-state index contributed by atoms with van der Waals surface area (Å²) in [4.78, 5) is 15.6. The van der Waals surface area contributed by atoms with E-state index >= 15 is 0 Å². The van der Waals surface area contributed by atoms with E-state index in [0.29, 0.717) is 6.04 Å². The molecule has 0 unspecified atom stereocenters. The summed E-state index contributed by atoms with van der Waals surface area (Å²) in [5.41, 5.74) is 2.18. The SMILES string of the molecule is CN(C)c1nc(NC2CCC(CNC/C=C/c3ccncc3)CC2)nc2ccccc12. The summed E-state index contributed by atoms with van der Waals surface area (Å²) in [5, 5.41) is 8.26. The van der Waals surface area contributed by atoms with Crippen LogP contribution in [0.25, 0.3) is 17.0 Å². The predicted octanol–water partition coefficient (Wildman–Crippen LogP) is 4.36. The zero-order valence-corrected chi connectivity index (χ0v) is 18.5. The van der Waals surface area contributed by atoms with Crippen LogP contribution in [0.15, 0.2) is 54.9 Å². The highest BCUT2D eigenvalue weighted by Gasteiger charge is 2.22. The van der Waals surface area contributed by atoms with Gasteiger partial charge in [-0.05, 0) is 68.0 Å². The first-order valence-corrected chi connectivity index (χ1v) is 11.2. The molecule has 0 aliphatic heterocycles. The summed E-state index contributed by atoms with van der Waals surface area (Å²) in [7, 11) is 4.06. The number of nitrogens with one attached hydrogen (secondary N) is 2. The Morgan fingerprint density at radius 1 is 1.00 bits per heavy atom. The van der Waals surface area contributed by atoms with Crippen molar-refractivity contribution in [1.29, 1.82) is 0 Å². The maximum absolute atomic E-state index is 4.79. The maximum Gasteiger partial charge on any atom is 0.225 e. The van der Waals surface area contributed by atoms with Gasteiger partial charge >= 0.3 is 0 Å². The Labute approximate surface area is 184 Å². The van der Waals surface area contributed by atoms with Crippen LogP contribution in [0.3, 0.4) is 0 Å². The molecule has 1 fully saturated rings. The van der Waals surface area contributed by atoms with Crippen molar-refractivity contribution in [3.05, 3.63) is 60.4 Å². The lowest BCUT2D eigenvalue weighted by atomic mass is 9.86. The molecular weight excluding hydrogens is 384 g/mol. The Bertz CT molecular complexity index is 993. The fourth-order valence-corrected chi connectivity index (χ4v) is 4.20. The Balaban J connectivity index is 1.24. The molecule has 0 radical (unpaired) electrons. The Hall–Kier alpha value is -2.99. The highest BCUT2D eigenvalue weighted by molar-refractivity contribution is 5.90. The lowest BCUT2D eigenvalue weighted by Crippen LogP contribution is -2.32. The van der Waals surface area contributed by atoms with E-state index in [9.17, 15) is 0 Å². The van der Waals surface area contributed by atoms with E-state index in [4.69, 9.17) is 9.97 Å². The third-order valence-electron chi connectivity index (χ3n) is 5.90. The Morgan fingerprint density at radius 2 is 1.77 bits per heavy atom. The quantitative estimate of drug-likeness (QED) is 0.532. The van der Waals surface area contributed by atoms with Gasteiger partial charge < -0.3 is 15.5 Å². The number of pyridine rings is 1. The zero-order chi connectivity index (χ0) is 21.5. The van der Waals surface area contributed by atoms with Crippen LogP contribution in [0.4, 0.5) is 11.8 Å². The molecule has 0 bridgehead atoms. The molecular formula is C25H32N6. The first-order chi connectivity index (χ1) is 15.2. The molecule has 0 spiro atoms. The molecule has 2 heterocycles. The number of benzene rings is 1. The molecule has 31 heavy (non-hydrogen) atoms. The summed E-state index contributed by atoms with van der Waals surface area (Å²) in [6.07, 6.45) is 12.7. The van der Waals surface area contributed by atoms with Crippen molar-refractivity contribution in [3.8, 4) is 0 Å². The molecule has 1 aliphatic rings. The van der Waals surface area contributed by atoms with Crippen molar-refractivity contribution in [3.63, 3.8) is 0 Å². The topological polar surface area (TPSA) is 66.0 Å². The predicted molar refractivity (Wildman–Crippen MR) is 129 cm³/mol. The van der Waals surface area contributed by atoms with Crippen LogP contribution in [0.5, 0.6) is 0 Å². The average molecular weight is 417 g/mol. The molecule has 0 amide bonds. The number of para-hydroxylation sites is 1. The lowest BCUT2D eigenvalue weighted by Gasteiger charge is -2.29. The first kappa shape index (κ1) is 21.2. The Kier molecular flexibility index (Phi) is 7.10. The van der Waals surface area contributed by atoms with E-state index in [1.165, 1.54) is 18.4 Å². The molecule has 0 atom stereocenters. The molecule has 3 aromatic rings. The number of hydrogen-bond donors (Lipinski definition) is 2. The lowest BCUT2D eigenvalue weighted by molar-refractivity contribution is 0.328. The summed E-state index contributed by atoms with van der Waals surface area (Å²) >= 11 is 0. The molecule has 6 heteroatoms. The fraction of sp³-hybridized carbons (Fsp3) is 0.400. The number of fused-ring (bicyclic) bond motifs is 1. The van der Waals surface area contributed by atoms with Crippen LogP contribution >= 0.6 is 0 Å². The summed E-state index contributed by atoms with van der Waals surface area (Å²) in [5.74, 6) is 2.44. The molecule has 2 N–H and O–H groups in total. The average Bonchev–Trinajstić information content (AvgIpc) is 2.80. The minimum atomic E-state index is 0.444. The highest BCUT2D eigenvalue weighted by Crippen LogP contribution is 2.28. The maximum atomic E-state index is 4.79. The van der Waals surface area contributed by atoms with Gasteiger partial charge in [-0.1, -0.05) is 24.3 Å². The first-order valence-electron chi connectivity index (χ1n) is 11.2. The third kappa shape index (κ3) is 5.79. The van der Waals surface area contributed by atoms with Gasteiger partial charge in [0.05, 0.1) is 5.52 Å². The minimum Gasteiger partial charge on any atom is -0.362 e. The van der Waals surface area contributed by atoms with Gasteiger partial charge in [0.1, 0.15) is 5.82 Å². The molecule has 162 valence electrons. The van der Waals surface area contributed by atoms with Gasteiger partial charge in [0.15, 0.2) is 0 Å². The molecule has 2 aromatic heterocycles. The van der Waals surface area contributed by atoms with Crippen molar-refractivity contribution in [2.45, 2.75) is 31.7 Å².